The largest absolute Gasteiger partial charge is 0.449 e. The standard InChI is InChI=1S/C22H26N2O6/c1-13-5-4-6-18(14(13)2)23-21(25)15(3)29-22(26)20-12-11-19(30-20)16-7-9-17(10-8-16)24(27)28/h7-15,18H,4-6H2,1-3H3,(H,23,25)/t13-,14+,15+,18-/m0/s1. The molecule has 1 fully saturated rings. The number of carbonyl (C=O) groups is 2. The minimum absolute atomic E-state index is 0.0357. The van der Waals surface area contributed by atoms with Crippen LogP contribution in [0, 0.1) is 22.0 Å². The van der Waals surface area contributed by atoms with E-state index < -0.39 is 17.0 Å². The van der Waals surface area contributed by atoms with Gasteiger partial charge in [0.15, 0.2) is 6.10 Å². The molecule has 1 aliphatic rings. The molecule has 1 amide bonds. The van der Waals surface area contributed by atoms with E-state index in [1.54, 1.807) is 6.07 Å². The minimum Gasteiger partial charge on any atom is -0.449 e. The molecule has 0 aliphatic heterocycles. The Kier molecular flexibility index (Phi) is 6.54. The fourth-order valence-electron chi connectivity index (χ4n) is 3.71. The van der Waals surface area contributed by atoms with Gasteiger partial charge >= 0.3 is 5.97 Å². The summed E-state index contributed by atoms with van der Waals surface area (Å²) in [6.45, 7) is 5.85. The molecule has 0 spiro atoms. The highest BCUT2D eigenvalue weighted by Crippen LogP contribution is 2.29. The van der Waals surface area contributed by atoms with Crippen LogP contribution in [0.15, 0.2) is 40.8 Å². The molecule has 1 saturated carbocycles. The molecule has 1 aromatic carbocycles. The molecule has 8 nitrogen and oxygen atoms in total. The van der Waals surface area contributed by atoms with Gasteiger partial charge in [-0.25, -0.2) is 4.79 Å². The molecule has 1 heterocycles. The molecule has 2 aromatic rings. The van der Waals surface area contributed by atoms with Crippen molar-refractivity contribution >= 4 is 17.6 Å². The van der Waals surface area contributed by atoms with Gasteiger partial charge in [0, 0.05) is 23.7 Å². The number of non-ortho nitro benzene ring substituents is 1. The van der Waals surface area contributed by atoms with Gasteiger partial charge in [-0.15, -0.1) is 0 Å². The summed E-state index contributed by atoms with van der Waals surface area (Å²) in [5.74, 6) is 0.191. The number of amides is 1. The van der Waals surface area contributed by atoms with E-state index >= 15 is 0 Å². The summed E-state index contributed by atoms with van der Waals surface area (Å²) < 4.78 is 10.8. The van der Waals surface area contributed by atoms with Crippen molar-refractivity contribution in [2.24, 2.45) is 11.8 Å². The Morgan fingerprint density at radius 1 is 1.17 bits per heavy atom. The van der Waals surface area contributed by atoms with Crippen LogP contribution >= 0.6 is 0 Å². The van der Waals surface area contributed by atoms with Crippen LogP contribution in [0.4, 0.5) is 5.69 Å². The van der Waals surface area contributed by atoms with Gasteiger partial charge in [-0.05, 0) is 49.4 Å². The fourth-order valence-corrected chi connectivity index (χ4v) is 3.71. The molecule has 0 unspecified atom stereocenters. The average molecular weight is 414 g/mol. The number of hydrogen-bond acceptors (Lipinski definition) is 6. The zero-order chi connectivity index (χ0) is 21.8. The lowest BCUT2D eigenvalue weighted by Crippen LogP contribution is -2.47. The smallest absolute Gasteiger partial charge is 0.375 e. The predicted octanol–water partition coefficient (Wildman–Crippen LogP) is 4.34. The lowest BCUT2D eigenvalue weighted by molar-refractivity contribution is -0.384. The van der Waals surface area contributed by atoms with Crippen molar-refractivity contribution in [1.29, 1.82) is 0 Å². The number of nitrogens with one attached hydrogen (secondary N) is 1. The first-order valence-electron chi connectivity index (χ1n) is 10.1. The van der Waals surface area contributed by atoms with Crippen molar-refractivity contribution in [2.45, 2.75) is 52.2 Å². The molecule has 0 bridgehead atoms. The number of hydrogen-bond donors (Lipinski definition) is 1. The Hall–Kier alpha value is -3.16. The number of nitro benzene ring substituents is 1. The van der Waals surface area contributed by atoms with Gasteiger partial charge in [0.25, 0.3) is 11.6 Å². The van der Waals surface area contributed by atoms with Crippen molar-refractivity contribution in [3.8, 4) is 11.3 Å². The van der Waals surface area contributed by atoms with Crippen LogP contribution in [0.2, 0.25) is 0 Å². The Labute approximate surface area is 174 Å². The Morgan fingerprint density at radius 2 is 1.87 bits per heavy atom. The number of nitrogens with zero attached hydrogens (tertiary/aromatic N) is 1. The van der Waals surface area contributed by atoms with Crippen LogP contribution in [0.3, 0.4) is 0 Å². The number of nitro groups is 1. The molecule has 1 aliphatic carbocycles. The SMILES string of the molecule is C[C@H]1[C@@H](NC(=O)[C@@H](C)OC(=O)c2ccc(-c3ccc([N+](=O)[O-])cc3)o2)CCC[C@@H]1C. The zero-order valence-corrected chi connectivity index (χ0v) is 17.3. The second kappa shape index (κ2) is 9.11. The maximum absolute atomic E-state index is 12.5. The summed E-state index contributed by atoms with van der Waals surface area (Å²) in [5.41, 5.74) is 0.553. The summed E-state index contributed by atoms with van der Waals surface area (Å²) in [7, 11) is 0. The van der Waals surface area contributed by atoms with E-state index in [9.17, 15) is 19.7 Å². The summed E-state index contributed by atoms with van der Waals surface area (Å²) in [6.07, 6.45) is 2.21. The number of benzene rings is 1. The normalized spacial score (nSPS) is 22.2. The van der Waals surface area contributed by atoms with Gasteiger partial charge in [0.2, 0.25) is 5.76 Å². The van der Waals surface area contributed by atoms with E-state index in [0.29, 0.717) is 23.2 Å². The first kappa shape index (κ1) is 21.5. The quantitative estimate of drug-likeness (QED) is 0.427. The van der Waals surface area contributed by atoms with E-state index in [1.807, 2.05) is 0 Å². The summed E-state index contributed by atoms with van der Waals surface area (Å²) in [5, 5.41) is 13.7. The summed E-state index contributed by atoms with van der Waals surface area (Å²) >= 11 is 0. The van der Waals surface area contributed by atoms with Crippen molar-refractivity contribution in [2.75, 3.05) is 0 Å². The Balaban J connectivity index is 1.59. The molecule has 1 aromatic heterocycles. The van der Waals surface area contributed by atoms with Crippen LogP contribution in [-0.4, -0.2) is 28.9 Å². The third kappa shape index (κ3) is 4.87. The van der Waals surface area contributed by atoms with Gasteiger partial charge in [-0.1, -0.05) is 26.7 Å². The lowest BCUT2D eigenvalue weighted by Gasteiger charge is -2.35. The first-order chi connectivity index (χ1) is 14.3. The van der Waals surface area contributed by atoms with Crippen LogP contribution in [-0.2, 0) is 9.53 Å². The number of ether oxygens (including phenoxy) is 1. The van der Waals surface area contributed by atoms with Gasteiger partial charge < -0.3 is 14.5 Å². The highest BCUT2D eigenvalue weighted by molar-refractivity contribution is 5.90. The molecular weight excluding hydrogens is 388 g/mol. The molecule has 4 atom stereocenters. The highest BCUT2D eigenvalue weighted by Gasteiger charge is 2.30. The minimum atomic E-state index is -0.949. The van der Waals surface area contributed by atoms with Crippen LogP contribution in [0.5, 0.6) is 0 Å². The number of furan rings is 1. The molecule has 160 valence electrons. The molecule has 1 N–H and O–H groups in total. The van der Waals surface area contributed by atoms with E-state index in [1.165, 1.54) is 37.3 Å². The predicted molar refractivity (Wildman–Crippen MR) is 110 cm³/mol. The van der Waals surface area contributed by atoms with Gasteiger partial charge in [0.05, 0.1) is 4.92 Å². The van der Waals surface area contributed by atoms with Crippen molar-refractivity contribution in [3.05, 3.63) is 52.3 Å². The lowest BCUT2D eigenvalue weighted by atomic mass is 9.78. The first-order valence-corrected chi connectivity index (χ1v) is 10.1. The second-order valence-corrected chi connectivity index (χ2v) is 7.90. The topological polar surface area (TPSA) is 112 Å². The number of carbonyl (C=O) groups excluding carboxylic acids is 2. The number of esters is 1. The van der Waals surface area contributed by atoms with Crippen LogP contribution in [0.1, 0.15) is 50.6 Å². The third-order valence-electron chi connectivity index (χ3n) is 5.86. The zero-order valence-electron chi connectivity index (χ0n) is 17.3. The third-order valence-corrected chi connectivity index (χ3v) is 5.86. The molecular formula is C22H26N2O6. The van der Waals surface area contributed by atoms with Crippen LogP contribution in [0.25, 0.3) is 11.3 Å². The Morgan fingerprint density at radius 3 is 2.53 bits per heavy atom. The van der Waals surface area contributed by atoms with Crippen molar-refractivity contribution in [1.82, 2.24) is 5.32 Å². The summed E-state index contributed by atoms with van der Waals surface area (Å²) in [4.78, 5) is 35.1. The van der Waals surface area contributed by atoms with E-state index in [0.717, 1.165) is 19.3 Å². The molecule has 0 saturated heterocycles. The fraction of sp³-hybridized carbons (Fsp3) is 0.455. The molecule has 8 heteroatoms. The monoisotopic (exact) mass is 414 g/mol. The van der Waals surface area contributed by atoms with E-state index in [2.05, 4.69) is 19.2 Å². The molecule has 0 radical (unpaired) electrons. The molecule has 3 rings (SSSR count). The summed E-state index contributed by atoms with van der Waals surface area (Å²) in [6, 6.07) is 8.90. The van der Waals surface area contributed by atoms with Gasteiger partial charge in [-0.2, -0.15) is 0 Å². The van der Waals surface area contributed by atoms with Gasteiger partial charge in [0.1, 0.15) is 5.76 Å². The second-order valence-electron chi connectivity index (χ2n) is 7.90. The van der Waals surface area contributed by atoms with E-state index in [4.69, 9.17) is 9.15 Å². The van der Waals surface area contributed by atoms with Crippen LogP contribution < -0.4 is 5.32 Å². The maximum atomic E-state index is 12.5. The highest BCUT2D eigenvalue weighted by atomic mass is 16.6. The average Bonchev–Trinajstić information content (AvgIpc) is 3.22. The van der Waals surface area contributed by atoms with Crippen molar-refractivity contribution < 1.29 is 23.7 Å². The maximum Gasteiger partial charge on any atom is 0.375 e. The number of rotatable bonds is 6. The molecule has 30 heavy (non-hydrogen) atoms. The Bertz CT molecular complexity index is 920. The van der Waals surface area contributed by atoms with Crippen molar-refractivity contribution in [3.63, 3.8) is 0 Å². The van der Waals surface area contributed by atoms with E-state index in [-0.39, 0.29) is 23.4 Å². The van der Waals surface area contributed by atoms with Gasteiger partial charge in [-0.3, -0.25) is 14.9 Å².